The first-order valence-electron chi connectivity index (χ1n) is 8.00. The van der Waals surface area contributed by atoms with Crippen molar-refractivity contribution in [2.75, 3.05) is 5.32 Å². The van der Waals surface area contributed by atoms with Gasteiger partial charge in [-0.15, -0.1) is 0 Å². The number of fused-ring (bicyclic) bond motifs is 1. The molecule has 2 N–H and O–H groups in total. The number of nitrogens with zero attached hydrogens (tertiary/aromatic N) is 1. The number of carbonyl (C=O) groups excluding carboxylic acids is 1. The van der Waals surface area contributed by atoms with Gasteiger partial charge in [-0.2, -0.15) is 0 Å². The lowest BCUT2D eigenvalue weighted by Crippen LogP contribution is -2.33. The first-order chi connectivity index (χ1) is 10.9. The summed E-state index contributed by atoms with van der Waals surface area (Å²) in [7, 11) is 1.61. The van der Waals surface area contributed by atoms with E-state index in [-0.39, 0.29) is 12.3 Å². The number of amides is 1. The van der Waals surface area contributed by atoms with Gasteiger partial charge in [-0.25, -0.2) is 4.79 Å². The van der Waals surface area contributed by atoms with Crippen LogP contribution in [0.1, 0.15) is 46.0 Å². The van der Waals surface area contributed by atoms with Crippen molar-refractivity contribution in [3.63, 3.8) is 0 Å². The van der Waals surface area contributed by atoms with Crippen LogP contribution >= 0.6 is 0 Å². The Labute approximate surface area is 135 Å². The van der Waals surface area contributed by atoms with Gasteiger partial charge in [0.05, 0.1) is 17.5 Å². The van der Waals surface area contributed by atoms with E-state index in [2.05, 4.69) is 5.32 Å². The summed E-state index contributed by atoms with van der Waals surface area (Å²) in [5.41, 5.74) is 0.712. The Bertz CT molecular complexity index is 739. The van der Waals surface area contributed by atoms with Crippen molar-refractivity contribution in [3.8, 4) is 0 Å². The molecular formula is C17H24N2O4. The minimum absolute atomic E-state index is 0.0665. The Morgan fingerprint density at radius 2 is 1.96 bits per heavy atom. The fourth-order valence-corrected chi connectivity index (χ4v) is 2.94. The topological polar surface area (TPSA) is 84.5 Å². The van der Waals surface area contributed by atoms with Crippen LogP contribution < -0.4 is 11.1 Å². The van der Waals surface area contributed by atoms with E-state index < -0.39 is 11.4 Å². The highest BCUT2D eigenvalue weighted by Crippen LogP contribution is 2.25. The lowest BCUT2D eigenvalue weighted by molar-refractivity contribution is -0.121. The van der Waals surface area contributed by atoms with Gasteiger partial charge in [0.1, 0.15) is 0 Å². The van der Waals surface area contributed by atoms with Gasteiger partial charge in [0.2, 0.25) is 5.91 Å². The summed E-state index contributed by atoms with van der Waals surface area (Å²) in [6, 6.07) is 5.02. The molecule has 0 aliphatic rings. The van der Waals surface area contributed by atoms with Crippen molar-refractivity contribution in [1.29, 1.82) is 0 Å². The molecule has 0 saturated carbocycles. The molecule has 6 heteroatoms. The molecule has 0 aliphatic heterocycles. The Morgan fingerprint density at radius 3 is 2.57 bits per heavy atom. The summed E-state index contributed by atoms with van der Waals surface area (Å²) >= 11 is 0. The van der Waals surface area contributed by atoms with Crippen LogP contribution in [0.4, 0.5) is 5.69 Å². The molecule has 0 radical (unpaired) electrons. The van der Waals surface area contributed by atoms with Gasteiger partial charge in [0, 0.05) is 12.7 Å². The van der Waals surface area contributed by atoms with Crippen LogP contribution in [0.15, 0.2) is 27.4 Å². The third-order valence-electron chi connectivity index (χ3n) is 4.00. The van der Waals surface area contributed by atoms with Crippen LogP contribution in [-0.2, 0) is 11.8 Å². The first-order valence-corrected chi connectivity index (χ1v) is 8.00. The summed E-state index contributed by atoms with van der Waals surface area (Å²) in [4.78, 5) is 23.7. The normalized spacial score (nSPS) is 11.8. The molecule has 0 bridgehead atoms. The summed E-state index contributed by atoms with van der Waals surface area (Å²) in [5, 5.41) is 13.3. The number of carbonyl (C=O) groups is 1. The van der Waals surface area contributed by atoms with Gasteiger partial charge >= 0.3 is 5.76 Å². The second-order valence-corrected chi connectivity index (χ2v) is 6.06. The number of nitrogens with one attached hydrogen (secondary N) is 1. The van der Waals surface area contributed by atoms with Gasteiger partial charge in [0.15, 0.2) is 5.58 Å². The molecule has 23 heavy (non-hydrogen) atoms. The molecular weight excluding hydrogens is 296 g/mol. The van der Waals surface area contributed by atoms with Gasteiger partial charge in [0.25, 0.3) is 0 Å². The van der Waals surface area contributed by atoms with E-state index >= 15 is 0 Å². The summed E-state index contributed by atoms with van der Waals surface area (Å²) in [6.45, 7) is 3.98. The van der Waals surface area contributed by atoms with E-state index in [1.54, 1.807) is 25.2 Å². The largest absolute Gasteiger partial charge is 0.419 e. The maximum absolute atomic E-state index is 12.2. The number of aromatic nitrogens is 1. The molecule has 0 atom stereocenters. The zero-order valence-corrected chi connectivity index (χ0v) is 13.9. The highest BCUT2D eigenvalue weighted by molar-refractivity contribution is 5.93. The molecule has 0 aliphatic carbocycles. The number of hydrogen-bond donors (Lipinski definition) is 2. The van der Waals surface area contributed by atoms with E-state index in [0.717, 1.165) is 12.8 Å². The zero-order valence-electron chi connectivity index (χ0n) is 13.9. The minimum atomic E-state index is -0.958. The van der Waals surface area contributed by atoms with Crippen molar-refractivity contribution in [2.45, 2.75) is 51.6 Å². The standard InChI is InChI=1S/C17H24N2O4/c1-4-8-17(22,9-5-2)11-15(20)18-12-6-7-14-13(10-12)19(3)16(21)23-14/h6-7,10,22H,4-5,8-9,11H2,1-3H3,(H,18,20). The molecule has 2 rings (SSSR count). The first kappa shape index (κ1) is 17.3. The van der Waals surface area contributed by atoms with Crippen LogP contribution in [-0.4, -0.2) is 21.2 Å². The Kier molecular flexibility index (Phi) is 5.26. The lowest BCUT2D eigenvalue weighted by atomic mass is 9.89. The lowest BCUT2D eigenvalue weighted by Gasteiger charge is -2.26. The van der Waals surface area contributed by atoms with Crippen molar-refractivity contribution >= 4 is 22.7 Å². The van der Waals surface area contributed by atoms with Gasteiger partial charge in [-0.1, -0.05) is 26.7 Å². The second kappa shape index (κ2) is 7.00. The SMILES string of the molecule is CCCC(O)(CCC)CC(=O)Nc1ccc2oc(=O)n(C)c2c1. The van der Waals surface area contributed by atoms with Crippen molar-refractivity contribution in [3.05, 3.63) is 28.7 Å². The van der Waals surface area contributed by atoms with Crippen molar-refractivity contribution < 1.29 is 14.3 Å². The molecule has 6 nitrogen and oxygen atoms in total. The summed E-state index contributed by atoms with van der Waals surface area (Å²) in [6.07, 6.45) is 2.92. The number of hydrogen-bond acceptors (Lipinski definition) is 4. The maximum atomic E-state index is 12.2. The van der Waals surface area contributed by atoms with Crippen molar-refractivity contribution in [2.24, 2.45) is 7.05 Å². The molecule has 2 aromatic rings. The van der Waals surface area contributed by atoms with Gasteiger partial charge in [-0.05, 0) is 31.0 Å². The molecule has 1 heterocycles. The molecule has 0 saturated heterocycles. The van der Waals surface area contributed by atoms with E-state index in [0.29, 0.717) is 29.6 Å². The van der Waals surface area contributed by atoms with E-state index in [1.165, 1.54) is 4.57 Å². The number of aliphatic hydroxyl groups is 1. The Hall–Kier alpha value is -2.08. The molecule has 1 aromatic carbocycles. The fourth-order valence-electron chi connectivity index (χ4n) is 2.94. The maximum Gasteiger partial charge on any atom is 0.419 e. The smallest absolute Gasteiger partial charge is 0.408 e. The quantitative estimate of drug-likeness (QED) is 0.821. The van der Waals surface area contributed by atoms with E-state index in [4.69, 9.17) is 4.42 Å². The molecule has 126 valence electrons. The van der Waals surface area contributed by atoms with Crippen LogP contribution in [0.5, 0.6) is 0 Å². The molecule has 1 amide bonds. The Balaban J connectivity index is 2.13. The molecule has 0 spiro atoms. The van der Waals surface area contributed by atoms with Gasteiger partial charge in [-0.3, -0.25) is 9.36 Å². The molecule has 0 fully saturated rings. The predicted molar refractivity (Wildman–Crippen MR) is 89.5 cm³/mol. The predicted octanol–water partition coefficient (Wildman–Crippen LogP) is 2.79. The third-order valence-corrected chi connectivity index (χ3v) is 4.00. The van der Waals surface area contributed by atoms with Crippen LogP contribution in [0.3, 0.4) is 0 Å². The number of rotatable bonds is 7. The van der Waals surface area contributed by atoms with Crippen LogP contribution in [0, 0.1) is 0 Å². The number of oxazole rings is 1. The number of benzene rings is 1. The fraction of sp³-hybridized carbons (Fsp3) is 0.529. The summed E-state index contributed by atoms with van der Waals surface area (Å²) < 4.78 is 6.44. The average Bonchev–Trinajstić information content (AvgIpc) is 2.74. The number of aryl methyl sites for hydroxylation is 1. The van der Waals surface area contributed by atoms with E-state index in [9.17, 15) is 14.7 Å². The van der Waals surface area contributed by atoms with Crippen LogP contribution in [0.25, 0.3) is 11.1 Å². The van der Waals surface area contributed by atoms with E-state index in [1.807, 2.05) is 13.8 Å². The van der Waals surface area contributed by atoms with Crippen LogP contribution in [0.2, 0.25) is 0 Å². The minimum Gasteiger partial charge on any atom is -0.408 e. The zero-order chi connectivity index (χ0) is 17.0. The summed E-state index contributed by atoms with van der Waals surface area (Å²) in [5.74, 6) is -0.675. The highest BCUT2D eigenvalue weighted by Gasteiger charge is 2.28. The molecule has 1 aromatic heterocycles. The second-order valence-electron chi connectivity index (χ2n) is 6.06. The molecule has 0 unspecified atom stereocenters. The third kappa shape index (κ3) is 4.01. The highest BCUT2D eigenvalue weighted by atomic mass is 16.4. The van der Waals surface area contributed by atoms with Gasteiger partial charge < -0.3 is 14.8 Å². The average molecular weight is 320 g/mol. The monoisotopic (exact) mass is 320 g/mol. The number of anilines is 1. The van der Waals surface area contributed by atoms with Crippen molar-refractivity contribution in [1.82, 2.24) is 4.57 Å². The Morgan fingerprint density at radius 1 is 1.30 bits per heavy atom.